The third kappa shape index (κ3) is 1.79. The summed E-state index contributed by atoms with van der Waals surface area (Å²) in [6, 6.07) is 5.26. The number of halogens is 1. The Morgan fingerprint density at radius 2 is 2.25 bits per heavy atom. The van der Waals surface area contributed by atoms with Crippen molar-refractivity contribution in [2.24, 2.45) is 5.73 Å². The summed E-state index contributed by atoms with van der Waals surface area (Å²) in [5.74, 6) is 2.43. The van der Waals surface area contributed by atoms with Crippen LogP contribution in [-0.2, 0) is 0 Å². The summed E-state index contributed by atoms with van der Waals surface area (Å²) in [6.45, 7) is 1.97. The van der Waals surface area contributed by atoms with Crippen molar-refractivity contribution >= 4 is 11.6 Å². The van der Waals surface area contributed by atoms with Gasteiger partial charge < -0.3 is 5.73 Å². The second kappa shape index (κ2) is 3.62. The maximum atomic E-state index is 5.93. The van der Waals surface area contributed by atoms with E-state index >= 15 is 0 Å². The summed E-state index contributed by atoms with van der Waals surface area (Å²) < 4.78 is 0. The molecule has 0 radical (unpaired) electrons. The topological polar surface area (TPSA) is 26.0 Å². The molecule has 0 aliphatic rings. The summed E-state index contributed by atoms with van der Waals surface area (Å²) in [5.41, 5.74) is 7.54. The minimum Gasteiger partial charge on any atom is -0.314 e. The molecule has 0 aromatic heterocycles. The Bertz CT molecular complexity index is 325. The van der Waals surface area contributed by atoms with Crippen LogP contribution >= 0.6 is 11.6 Å². The molecule has 62 valence electrons. The Hall–Kier alpha value is -0.970. The minimum atomic E-state index is -0.405. The van der Waals surface area contributed by atoms with Crippen LogP contribution in [0, 0.1) is 19.3 Å². The number of terminal acetylenes is 1. The Labute approximate surface area is 77.5 Å². The molecule has 2 N–H and O–H groups in total. The molecule has 0 bridgehead atoms. The van der Waals surface area contributed by atoms with Crippen molar-refractivity contribution < 1.29 is 0 Å². The fraction of sp³-hybridized carbons (Fsp3) is 0.200. The van der Waals surface area contributed by atoms with Crippen LogP contribution in [0.2, 0.25) is 5.02 Å². The van der Waals surface area contributed by atoms with Crippen LogP contribution in [-0.4, -0.2) is 0 Å². The molecule has 1 atom stereocenters. The van der Waals surface area contributed by atoms with E-state index in [0.29, 0.717) is 5.02 Å². The Morgan fingerprint density at radius 1 is 1.58 bits per heavy atom. The van der Waals surface area contributed by atoms with Gasteiger partial charge in [0.25, 0.3) is 0 Å². The van der Waals surface area contributed by atoms with Gasteiger partial charge >= 0.3 is 0 Å². The first-order valence-corrected chi connectivity index (χ1v) is 4.00. The average molecular weight is 180 g/mol. The van der Waals surface area contributed by atoms with Crippen LogP contribution in [0.5, 0.6) is 0 Å². The molecular weight excluding hydrogens is 170 g/mol. The standard InChI is InChI=1S/C10H10ClN/c1-3-10(12)8-5-4-7(2)6-9(8)11/h1,4-6,10H,12H2,2H3. The van der Waals surface area contributed by atoms with Gasteiger partial charge in [0.2, 0.25) is 0 Å². The summed E-state index contributed by atoms with van der Waals surface area (Å²) in [5, 5.41) is 0.639. The molecule has 1 nitrogen and oxygen atoms in total. The molecule has 12 heavy (non-hydrogen) atoms. The van der Waals surface area contributed by atoms with Gasteiger partial charge in [0.15, 0.2) is 0 Å². The van der Waals surface area contributed by atoms with Gasteiger partial charge in [-0.25, -0.2) is 0 Å². The molecule has 0 amide bonds. The van der Waals surface area contributed by atoms with E-state index in [2.05, 4.69) is 5.92 Å². The Balaban J connectivity index is 3.11. The zero-order valence-electron chi connectivity index (χ0n) is 6.84. The third-order valence-corrected chi connectivity index (χ3v) is 2.00. The second-order valence-corrected chi connectivity index (χ2v) is 3.08. The van der Waals surface area contributed by atoms with Crippen molar-refractivity contribution in [1.82, 2.24) is 0 Å². The first-order chi connectivity index (χ1) is 5.65. The number of nitrogens with two attached hydrogens (primary N) is 1. The van der Waals surface area contributed by atoms with Crippen LogP contribution in [0.25, 0.3) is 0 Å². The van der Waals surface area contributed by atoms with Gasteiger partial charge in [-0.05, 0) is 24.1 Å². The molecule has 0 aliphatic heterocycles. The SMILES string of the molecule is C#CC(N)c1ccc(C)cc1Cl. The van der Waals surface area contributed by atoms with Crippen molar-refractivity contribution in [1.29, 1.82) is 0 Å². The number of rotatable bonds is 1. The van der Waals surface area contributed by atoms with Gasteiger partial charge in [-0.15, -0.1) is 6.42 Å². The van der Waals surface area contributed by atoms with Crippen LogP contribution in [0.4, 0.5) is 0 Å². The summed E-state index contributed by atoms with van der Waals surface area (Å²) >= 11 is 5.93. The van der Waals surface area contributed by atoms with E-state index in [4.69, 9.17) is 23.8 Å². The van der Waals surface area contributed by atoms with Gasteiger partial charge in [0.1, 0.15) is 0 Å². The smallest absolute Gasteiger partial charge is 0.0932 e. The van der Waals surface area contributed by atoms with E-state index in [-0.39, 0.29) is 0 Å². The van der Waals surface area contributed by atoms with Crippen molar-refractivity contribution in [2.45, 2.75) is 13.0 Å². The predicted octanol–water partition coefficient (Wildman–Crippen LogP) is 2.28. The molecule has 1 aromatic carbocycles. The van der Waals surface area contributed by atoms with Crippen LogP contribution in [0.1, 0.15) is 17.2 Å². The highest BCUT2D eigenvalue weighted by Crippen LogP contribution is 2.21. The maximum Gasteiger partial charge on any atom is 0.0932 e. The van der Waals surface area contributed by atoms with E-state index in [9.17, 15) is 0 Å². The fourth-order valence-corrected chi connectivity index (χ4v) is 1.33. The lowest BCUT2D eigenvalue weighted by Gasteiger charge is -2.07. The van der Waals surface area contributed by atoms with E-state index < -0.39 is 6.04 Å². The minimum absolute atomic E-state index is 0.405. The largest absolute Gasteiger partial charge is 0.314 e. The quantitative estimate of drug-likeness (QED) is 0.658. The number of hydrogen-bond donors (Lipinski definition) is 1. The molecule has 1 unspecified atom stereocenters. The van der Waals surface area contributed by atoms with E-state index in [1.54, 1.807) is 0 Å². The van der Waals surface area contributed by atoms with Crippen molar-refractivity contribution in [3.05, 3.63) is 34.3 Å². The van der Waals surface area contributed by atoms with E-state index in [1.165, 1.54) is 0 Å². The Morgan fingerprint density at radius 3 is 2.75 bits per heavy atom. The van der Waals surface area contributed by atoms with Gasteiger partial charge in [0.05, 0.1) is 6.04 Å². The summed E-state index contributed by atoms with van der Waals surface area (Å²) in [4.78, 5) is 0. The average Bonchev–Trinajstić information content (AvgIpc) is 2.03. The summed E-state index contributed by atoms with van der Waals surface area (Å²) in [7, 11) is 0. The molecule has 1 aromatic rings. The van der Waals surface area contributed by atoms with E-state index in [0.717, 1.165) is 11.1 Å². The van der Waals surface area contributed by atoms with E-state index in [1.807, 2.05) is 25.1 Å². The predicted molar refractivity (Wildman–Crippen MR) is 52.0 cm³/mol. The van der Waals surface area contributed by atoms with Gasteiger partial charge in [-0.2, -0.15) is 0 Å². The van der Waals surface area contributed by atoms with Crippen LogP contribution in [0.3, 0.4) is 0 Å². The normalized spacial score (nSPS) is 12.2. The molecule has 0 aliphatic carbocycles. The first-order valence-electron chi connectivity index (χ1n) is 3.63. The van der Waals surface area contributed by atoms with Crippen molar-refractivity contribution in [3.8, 4) is 12.3 Å². The molecule has 0 spiro atoms. The highest BCUT2D eigenvalue weighted by molar-refractivity contribution is 6.31. The number of aryl methyl sites for hydroxylation is 1. The molecule has 2 heteroatoms. The van der Waals surface area contributed by atoms with Gasteiger partial charge in [-0.1, -0.05) is 29.7 Å². The monoisotopic (exact) mass is 179 g/mol. The lowest BCUT2D eigenvalue weighted by atomic mass is 10.1. The summed E-state index contributed by atoms with van der Waals surface area (Å²) in [6.07, 6.45) is 5.18. The highest BCUT2D eigenvalue weighted by atomic mass is 35.5. The lowest BCUT2D eigenvalue weighted by molar-refractivity contribution is 0.945. The second-order valence-electron chi connectivity index (χ2n) is 2.67. The maximum absolute atomic E-state index is 5.93. The highest BCUT2D eigenvalue weighted by Gasteiger charge is 2.05. The number of hydrogen-bond acceptors (Lipinski definition) is 1. The molecule has 1 rings (SSSR count). The van der Waals surface area contributed by atoms with Gasteiger partial charge in [0, 0.05) is 5.02 Å². The van der Waals surface area contributed by atoms with Crippen LogP contribution < -0.4 is 5.73 Å². The molecule has 0 heterocycles. The van der Waals surface area contributed by atoms with Crippen molar-refractivity contribution in [3.63, 3.8) is 0 Å². The third-order valence-electron chi connectivity index (χ3n) is 1.67. The van der Waals surface area contributed by atoms with Gasteiger partial charge in [-0.3, -0.25) is 0 Å². The molecule has 0 saturated carbocycles. The number of benzene rings is 1. The zero-order chi connectivity index (χ0) is 9.14. The molecule has 0 fully saturated rings. The fourth-order valence-electron chi connectivity index (χ4n) is 0.974. The molecular formula is C10H10ClN. The van der Waals surface area contributed by atoms with Crippen molar-refractivity contribution in [2.75, 3.05) is 0 Å². The Kier molecular flexibility index (Phi) is 2.75. The lowest BCUT2D eigenvalue weighted by Crippen LogP contribution is -2.07. The zero-order valence-corrected chi connectivity index (χ0v) is 7.60. The molecule has 0 saturated heterocycles. The van der Waals surface area contributed by atoms with Crippen LogP contribution in [0.15, 0.2) is 18.2 Å². The first kappa shape index (κ1) is 9.12.